The largest absolute Gasteiger partial charge is 0.454 e. The lowest BCUT2D eigenvalue weighted by Crippen LogP contribution is -2.38. The molecule has 2 N–H and O–H groups in total. The molecule has 12 heteroatoms. The Balaban J connectivity index is 1.61. The van der Waals surface area contributed by atoms with Crippen molar-refractivity contribution in [1.82, 2.24) is 19.5 Å². The number of hydrogen-bond donors (Lipinski definition) is 2. The van der Waals surface area contributed by atoms with Crippen molar-refractivity contribution >= 4 is 22.7 Å². The van der Waals surface area contributed by atoms with E-state index in [4.69, 9.17) is 22.6 Å². The predicted octanol–water partition coefficient (Wildman–Crippen LogP) is 6.38. The first-order valence-corrected chi connectivity index (χ1v) is 16.9. The molecule has 0 saturated carbocycles. The summed E-state index contributed by atoms with van der Waals surface area (Å²) in [5.41, 5.74) is 0. The maximum atomic E-state index is 6.73. The molecular formula is C22H32N7O2P3. The first-order valence-electron chi connectivity index (χ1n) is 12.1. The van der Waals surface area contributed by atoms with Gasteiger partial charge in [0.05, 0.1) is 0 Å². The minimum absolute atomic E-state index is 0.722. The van der Waals surface area contributed by atoms with Crippen LogP contribution in [-0.4, -0.2) is 48.6 Å². The standard InChI is InChI=1S/C22H32N7O2P3/c1-3-11-21(12-4-1)30-34(31-22-13-5-2-6-14-22)26-32-23-15-9-19-28(32)17-7-8-18-29-20-10-16-24-33(29,25-32)27-34/h1-6,11-14,23-24H,7-10,15-20H2. The molecule has 0 aromatic heterocycles. The molecule has 6 rings (SSSR count). The topological polar surface area (TPSA) is 86.1 Å². The van der Waals surface area contributed by atoms with Gasteiger partial charge in [-0.25, -0.2) is 9.34 Å². The highest BCUT2D eigenvalue weighted by molar-refractivity contribution is 7.82. The van der Waals surface area contributed by atoms with E-state index in [1.165, 1.54) is 0 Å². The number of rotatable bonds is 4. The zero-order valence-electron chi connectivity index (χ0n) is 19.2. The molecule has 2 unspecified atom stereocenters. The van der Waals surface area contributed by atoms with Gasteiger partial charge in [-0.05, 0) is 49.9 Å². The molecule has 2 fully saturated rings. The second kappa shape index (κ2) is 9.55. The number of para-hydroxylation sites is 2. The van der Waals surface area contributed by atoms with Crippen molar-refractivity contribution in [3.8, 4) is 11.5 Å². The molecule has 2 atom stereocenters. The predicted molar refractivity (Wildman–Crippen MR) is 140 cm³/mol. The zero-order valence-corrected chi connectivity index (χ0v) is 21.9. The zero-order chi connectivity index (χ0) is 22.9. The van der Waals surface area contributed by atoms with Gasteiger partial charge in [-0.2, -0.15) is 4.52 Å². The van der Waals surface area contributed by atoms with Gasteiger partial charge in [0.2, 0.25) is 15.0 Å². The van der Waals surface area contributed by atoms with Crippen LogP contribution in [0, 0.1) is 0 Å². The molecule has 2 aromatic rings. The Kier molecular flexibility index (Phi) is 6.46. The summed E-state index contributed by atoms with van der Waals surface area (Å²) in [6.07, 6.45) is 4.46. The van der Waals surface area contributed by atoms with Gasteiger partial charge in [0.1, 0.15) is 11.5 Å². The molecular weight excluding hydrogens is 487 g/mol. The van der Waals surface area contributed by atoms with Crippen LogP contribution in [0.4, 0.5) is 0 Å². The minimum Gasteiger partial charge on any atom is -0.414 e. The molecule has 2 spiro atoms. The molecule has 0 radical (unpaired) electrons. The highest BCUT2D eigenvalue weighted by Gasteiger charge is 2.48. The summed E-state index contributed by atoms with van der Waals surface area (Å²) < 4.78 is 34.9. The lowest BCUT2D eigenvalue weighted by atomic mass is 10.3. The molecule has 0 aliphatic carbocycles. The van der Waals surface area contributed by atoms with E-state index in [1.54, 1.807) is 0 Å². The molecule has 4 aliphatic heterocycles. The number of nitrogens with one attached hydrogen (secondary N) is 2. The lowest BCUT2D eigenvalue weighted by Gasteiger charge is -2.45. The van der Waals surface area contributed by atoms with Gasteiger partial charge in [-0.15, -0.1) is 9.03 Å². The Morgan fingerprint density at radius 1 is 0.588 bits per heavy atom. The Hall–Kier alpha value is -1.43. The van der Waals surface area contributed by atoms with E-state index in [0.717, 1.165) is 76.5 Å². The quantitative estimate of drug-likeness (QED) is 0.456. The maximum Gasteiger partial charge on any atom is 0.454 e. The highest BCUT2D eigenvalue weighted by atomic mass is 31.3. The van der Waals surface area contributed by atoms with Gasteiger partial charge in [-0.3, -0.25) is 10.2 Å². The number of hydrogen-bond acceptors (Lipinski definition) is 9. The van der Waals surface area contributed by atoms with Crippen molar-refractivity contribution in [2.75, 3.05) is 39.3 Å². The van der Waals surface area contributed by atoms with Crippen molar-refractivity contribution in [2.45, 2.75) is 25.7 Å². The SMILES string of the molecule is c1ccc(OP2(Oc3ccccc3)=NP34=NP5(=N2)NCCCN5CCCCN3CCCN4)cc1. The fraction of sp³-hybridized carbons (Fsp3) is 0.455. The summed E-state index contributed by atoms with van der Waals surface area (Å²) in [7, 11) is -8.04. The highest BCUT2D eigenvalue weighted by Crippen LogP contribution is 2.78. The van der Waals surface area contributed by atoms with Crippen LogP contribution in [0.25, 0.3) is 0 Å². The Morgan fingerprint density at radius 3 is 1.59 bits per heavy atom. The van der Waals surface area contributed by atoms with Gasteiger partial charge < -0.3 is 9.05 Å². The average Bonchev–Trinajstić information content (AvgIpc) is 2.89. The Bertz CT molecular complexity index is 1120. The van der Waals surface area contributed by atoms with Gasteiger partial charge in [0, 0.05) is 39.3 Å². The molecule has 4 aliphatic rings. The van der Waals surface area contributed by atoms with Crippen LogP contribution < -0.4 is 19.2 Å². The van der Waals surface area contributed by atoms with E-state index in [1.807, 2.05) is 60.7 Å². The normalized spacial score (nSPS) is 31.1. The molecule has 2 saturated heterocycles. The van der Waals surface area contributed by atoms with Crippen molar-refractivity contribution < 1.29 is 9.05 Å². The van der Waals surface area contributed by atoms with Crippen molar-refractivity contribution in [2.24, 2.45) is 13.5 Å². The van der Waals surface area contributed by atoms with Crippen LogP contribution in [-0.2, 0) is 0 Å². The minimum atomic E-state index is -3.13. The molecule has 0 amide bonds. The third-order valence-corrected chi connectivity index (χ3v) is 16.7. The van der Waals surface area contributed by atoms with Gasteiger partial charge >= 0.3 is 7.66 Å². The Labute approximate surface area is 201 Å². The first-order chi connectivity index (χ1) is 16.7. The monoisotopic (exact) mass is 519 g/mol. The molecule has 34 heavy (non-hydrogen) atoms. The second-order valence-electron chi connectivity index (χ2n) is 8.84. The van der Waals surface area contributed by atoms with Crippen molar-refractivity contribution in [1.29, 1.82) is 0 Å². The summed E-state index contributed by atoms with van der Waals surface area (Å²) in [5.74, 6) is 1.44. The molecule has 182 valence electrons. The van der Waals surface area contributed by atoms with Gasteiger partial charge in [-0.1, -0.05) is 36.4 Å². The van der Waals surface area contributed by atoms with E-state index in [-0.39, 0.29) is 0 Å². The molecule has 4 heterocycles. The third-order valence-electron chi connectivity index (χ3n) is 6.37. The van der Waals surface area contributed by atoms with E-state index in [9.17, 15) is 0 Å². The average molecular weight is 519 g/mol. The summed E-state index contributed by atoms with van der Waals surface area (Å²) in [4.78, 5) is 0. The maximum absolute atomic E-state index is 6.73. The first kappa shape index (κ1) is 23.0. The fourth-order valence-corrected chi connectivity index (χ4v) is 17.3. The van der Waals surface area contributed by atoms with E-state index < -0.39 is 22.7 Å². The summed E-state index contributed by atoms with van der Waals surface area (Å²) in [6.45, 7) is 5.74. The van der Waals surface area contributed by atoms with Crippen LogP contribution in [0.2, 0.25) is 0 Å². The van der Waals surface area contributed by atoms with E-state index >= 15 is 0 Å². The lowest BCUT2D eigenvalue weighted by molar-refractivity contribution is 0.372. The van der Waals surface area contributed by atoms with Crippen molar-refractivity contribution in [3.05, 3.63) is 60.7 Å². The smallest absolute Gasteiger partial charge is 0.414 e. The van der Waals surface area contributed by atoms with Gasteiger partial charge in [0.15, 0.2) is 0 Å². The van der Waals surface area contributed by atoms with Crippen molar-refractivity contribution in [3.63, 3.8) is 0 Å². The van der Waals surface area contributed by atoms with Crippen LogP contribution in [0.1, 0.15) is 25.7 Å². The molecule has 9 nitrogen and oxygen atoms in total. The summed E-state index contributed by atoms with van der Waals surface area (Å²) in [5, 5.41) is 7.58. The Morgan fingerprint density at radius 2 is 1.06 bits per heavy atom. The number of nitrogens with zero attached hydrogens (tertiary/aromatic N) is 5. The van der Waals surface area contributed by atoms with E-state index in [2.05, 4.69) is 19.5 Å². The third kappa shape index (κ3) is 4.44. The summed E-state index contributed by atoms with van der Waals surface area (Å²) in [6, 6.07) is 19.7. The number of benzene rings is 2. The van der Waals surface area contributed by atoms with Crippen LogP contribution in [0.5, 0.6) is 11.5 Å². The fourth-order valence-electron chi connectivity index (χ4n) is 4.78. The van der Waals surface area contributed by atoms with Gasteiger partial charge in [0.25, 0.3) is 0 Å². The molecule has 2 aromatic carbocycles. The van der Waals surface area contributed by atoms with Crippen LogP contribution >= 0.6 is 22.7 Å². The second-order valence-corrected chi connectivity index (χ2v) is 16.4. The molecule has 2 bridgehead atoms. The van der Waals surface area contributed by atoms with Crippen LogP contribution in [0.3, 0.4) is 0 Å². The summed E-state index contributed by atoms with van der Waals surface area (Å²) >= 11 is 0. The van der Waals surface area contributed by atoms with Crippen LogP contribution in [0.15, 0.2) is 74.2 Å². The van der Waals surface area contributed by atoms with E-state index in [0.29, 0.717) is 0 Å².